The van der Waals surface area contributed by atoms with Crippen LogP contribution >= 0.6 is 0 Å². The summed E-state index contributed by atoms with van der Waals surface area (Å²) in [5.41, 5.74) is 5.59. The second-order valence-corrected chi connectivity index (χ2v) is 5.94. The summed E-state index contributed by atoms with van der Waals surface area (Å²) in [6.07, 6.45) is 3.27. The predicted octanol–water partition coefficient (Wildman–Crippen LogP) is 4.11. The Morgan fingerprint density at radius 2 is 1.95 bits per heavy atom. The largest absolute Gasteiger partial charge is 0.345 e. The number of carbonyl (C=O) groups is 1. The molecule has 0 saturated heterocycles. The molecule has 2 aromatic rings. The van der Waals surface area contributed by atoms with Gasteiger partial charge in [0.2, 0.25) is 0 Å². The molecule has 0 heterocycles. The van der Waals surface area contributed by atoms with Gasteiger partial charge in [0.25, 0.3) is 5.91 Å². The van der Waals surface area contributed by atoms with Gasteiger partial charge in [-0.3, -0.25) is 4.79 Å². The molecule has 1 aliphatic carbocycles. The Kier molecular flexibility index (Phi) is 3.78. The molecule has 2 aromatic carbocycles. The van der Waals surface area contributed by atoms with Gasteiger partial charge in [0.05, 0.1) is 6.04 Å². The van der Waals surface area contributed by atoms with Crippen LogP contribution in [0.1, 0.15) is 51.5 Å². The van der Waals surface area contributed by atoms with Gasteiger partial charge in [0.1, 0.15) is 0 Å². The fourth-order valence-corrected chi connectivity index (χ4v) is 3.12. The van der Waals surface area contributed by atoms with Crippen LogP contribution < -0.4 is 5.32 Å². The van der Waals surface area contributed by atoms with Crippen molar-refractivity contribution in [1.82, 2.24) is 5.32 Å². The fourth-order valence-electron chi connectivity index (χ4n) is 3.12. The van der Waals surface area contributed by atoms with Crippen LogP contribution in [0.3, 0.4) is 0 Å². The Morgan fingerprint density at radius 3 is 2.81 bits per heavy atom. The molecule has 3 rings (SSSR count). The van der Waals surface area contributed by atoms with Crippen molar-refractivity contribution in [2.75, 3.05) is 0 Å². The zero-order valence-electron chi connectivity index (χ0n) is 12.6. The molecule has 108 valence electrons. The average molecular weight is 279 g/mol. The third-order valence-electron chi connectivity index (χ3n) is 4.31. The van der Waals surface area contributed by atoms with E-state index in [0.717, 1.165) is 36.0 Å². The summed E-state index contributed by atoms with van der Waals surface area (Å²) in [7, 11) is 0. The summed E-state index contributed by atoms with van der Waals surface area (Å²) in [6.45, 7) is 4.01. The van der Waals surface area contributed by atoms with Crippen LogP contribution in [0.5, 0.6) is 0 Å². The minimum absolute atomic E-state index is 0.0397. The smallest absolute Gasteiger partial charge is 0.252 e. The number of fused-ring (bicyclic) bond motifs is 1. The molecule has 1 aliphatic rings. The van der Waals surface area contributed by atoms with E-state index in [1.54, 1.807) is 0 Å². The average Bonchev–Trinajstić information content (AvgIpc) is 2.50. The quantitative estimate of drug-likeness (QED) is 0.880. The first-order valence-corrected chi connectivity index (χ1v) is 7.61. The van der Waals surface area contributed by atoms with Crippen molar-refractivity contribution >= 4 is 5.91 Å². The molecule has 0 radical (unpaired) electrons. The molecule has 0 unspecified atom stereocenters. The van der Waals surface area contributed by atoms with Crippen molar-refractivity contribution in [2.24, 2.45) is 0 Å². The number of benzene rings is 2. The predicted molar refractivity (Wildman–Crippen MR) is 85.5 cm³/mol. The van der Waals surface area contributed by atoms with Crippen LogP contribution in [0.2, 0.25) is 0 Å². The van der Waals surface area contributed by atoms with Crippen molar-refractivity contribution in [3.05, 3.63) is 70.3 Å². The summed E-state index contributed by atoms with van der Waals surface area (Å²) in [5, 5.41) is 3.22. The third-order valence-corrected chi connectivity index (χ3v) is 4.31. The van der Waals surface area contributed by atoms with Gasteiger partial charge in [-0.25, -0.2) is 0 Å². The normalized spacial score (nSPS) is 17.1. The van der Waals surface area contributed by atoms with E-state index in [1.807, 2.05) is 32.0 Å². The molecule has 0 spiro atoms. The van der Waals surface area contributed by atoms with Gasteiger partial charge in [-0.2, -0.15) is 0 Å². The summed E-state index contributed by atoms with van der Waals surface area (Å²) < 4.78 is 0. The van der Waals surface area contributed by atoms with E-state index in [4.69, 9.17) is 0 Å². The standard InChI is InChI=1S/C19H21NO/c1-13-10-11-14(2)17(12-13)19(21)20-18-9-5-7-15-6-3-4-8-16(15)18/h3-4,6,8,10-12,18H,5,7,9H2,1-2H3,(H,20,21)/t18-/m0/s1. The van der Waals surface area contributed by atoms with Gasteiger partial charge in [0, 0.05) is 5.56 Å². The number of hydrogen-bond donors (Lipinski definition) is 1. The second-order valence-electron chi connectivity index (χ2n) is 5.94. The SMILES string of the molecule is Cc1ccc(C)c(C(=O)N[C@H]2CCCc3ccccc32)c1. The van der Waals surface area contributed by atoms with Crippen molar-refractivity contribution in [3.63, 3.8) is 0 Å². The fraction of sp³-hybridized carbons (Fsp3) is 0.316. The Labute approximate surface area is 126 Å². The maximum atomic E-state index is 12.6. The maximum Gasteiger partial charge on any atom is 0.252 e. The highest BCUT2D eigenvalue weighted by atomic mass is 16.1. The van der Waals surface area contributed by atoms with Gasteiger partial charge < -0.3 is 5.32 Å². The summed E-state index contributed by atoms with van der Waals surface area (Å²) >= 11 is 0. The molecule has 1 N–H and O–H groups in total. The minimum Gasteiger partial charge on any atom is -0.345 e. The number of carbonyl (C=O) groups excluding carboxylic acids is 1. The topological polar surface area (TPSA) is 29.1 Å². The third kappa shape index (κ3) is 2.85. The van der Waals surface area contributed by atoms with E-state index in [9.17, 15) is 4.79 Å². The van der Waals surface area contributed by atoms with E-state index < -0.39 is 0 Å². The monoisotopic (exact) mass is 279 g/mol. The number of hydrogen-bond acceptors (Lipinski definition) is 1. The molecule has 1 amide bonds. The lowest BCUT2D eigenvalue weighted by atomic mass is 9.87. The van der Waals surface area contributed by atoms with E-state index in [2.05, 4.69) is 29.6 Å². The van der Waals surface area contributed by atoms with Crippen molar-refractivity contribution in [3.8, 4) is 0 Å². The first-order chi connectivity index (χ1) is 10.1. The molecular formula is C19H21NO. The number of rotatable bonds is 2. The minimum atomic E-state index is 0.0397. The molecule has 0 bridgehead atoms. The molecule has 21 heavy (non-hydrogen) atoms. The number of nitrogens with one attached hydrogen (secondary N) is 1. The molecule has 1 atom stereocenters. The van der Waals surface area contributed by atoms with E-state index in [-0.39, 0.29) is 11.9 Å². The first kappa shape index (κ1) is 13.9. The number of aryl methyl sites for hydroxylation is 3. The van der Waals surface area contributed by atoms with Gasteiger partial charge in [-0.1, -0.05) is 42.0 Å². The molecule has 0 aliphatic heterocycles. The molecular weight excluding hydrogens is 258 g/mol. The van der Waals surface area contributed by atoms with E-state index in [0.29, 0.717) is 0 Å². The Hall–Kier alpha value is -2.09. The molecule has 0 saturated carbocycles. The van der Waals surface area contributed by atoms with E-state index in [1.165, 1.54) is 11.1 Å². The van der Waals surface area contributed by atoms with Gasteiger partial charge in [-0.05, 0) is 55.9 Å². The highest BCUT2D eigenvalue weighted by molar-refractivity contribution is 5.96. The zero-order chi connectivity index (χ0) is 14.8. The van der Waals surface area contributed by atoms with Crippen LogP contribution in [0, 0.1) is 13.8 Å². The van der Waals surface area contributed by atoms with Gasteiger partial charge >= 0.3 is 0 Å². The lowest BCUT2D eigenvalue weighted by molar-refractivity contribution is 0.0932. The zero-order valence-corrected chi connectivity index (χ0v) is 12.6. The Bertz CT molecular complexity index is 675. The van der Waals surface area contributed by atoms with Gasteiger partial charge in [0.15, 0.2) is 0 Å². The lowest BCUT2D eigenvalue weighted by Gasteiger charge is -2.26. The molecule has 2 nitrogen and oxygen atoms in total. The highest BCUT2D eigenvalue weighted by Crippen LogP contribution is 2.29. The van der Waals surface area contributed by atoms with Crippen molar-refractivity contribution in [1.29, 1.82) is 0 Å². The molecule has 0 aromatic heterocycles. The Morgan fingerprint density at radius 1 is 1.14 bits per heavy atom. The Balaban J connectivity index is 1.84. The summed E-state index contributed by atoms with van der Waals surface area (Å²) in [5.74, 6) is 0.0397. The second kappa shape index (κ2) is 5.72. The molecule has 2 heteroatoms. The van der Waals surface area contributed by atoms with Crippen LogP contribution in [-0.2, 0) is 6.42 Å². The van der Waals surface area contributed by atoms with Gasteiger partial charge in [-0.15, -0.1) is 0 Å². The maximum absolute atomic E-state index is 12.6. The van der Waals surface area contributed by atoms with Crippen molar-refractivity contribution < 1.29 is 4.79 Å². The van der Waals surface area contributed by atoms with Crippen LogP contribution in [0.15, 0.2) is 42.5 Å². The summed E-state index contributed by atoms with van der Waals surface area (Å²) in [4.78, 5) is 12.6. The van der Waals surface area contributed by atoms with Crippen LogP contribution in [0.4, 0.5) is 0 Å². The highest BCUT2D eigenvalue weighted by Gasteiger charge is 2.22. The van der Waals surface area contributed by atoms with Crippen LogP contribution in [-0.4, -0.2) is 5.91 Å². The van der Waals surface area contributed by atoms with Crippen LogP contribution in [0.25, 0.3) is 0 Å². The lowest BCUT2D eigenvalue weighted by Crippen LogP contribution is -2.31. The summed E-state index contributed by atoms with van der Waals surface area (Å²) in [6, 6.07) is 14.6. The molecule has 0 fully saturated rings. The number of amides is 1. The first-order valence-electron chi connectivity index (χ1n) is 7.61. The van der Waals surface area contributed by atoms with E-state index >= 15 is 0 Å². The van der Waals surface area contributed by atoms with Crippen molar-refractivity contribution in [2.45, 2.75) is 39.2 Å².